The van der Waals surface area contributed by atoms with E-state index in [4.69, 9.17) is 32.7 Å². The molecule has 0 bridgehead atoms. The Labute approximate surface area is 141 Å². The SMILES string of the molecule is O=C(O)c1c(C2(c3ccc(F)cc3)OCCO2)ccc(Cl)c1Cl. The van der Waals surface area contributed by atoms with Gasteiger partial charge in [0.15, 0.2) is 0 Å². The van der Waals surface area contributed by atoms with Crippen LogP contribution in [0.4, 0.5) is 4.39 Å². The molecule has 1 N–H and O–H groups in total. The van der Waals surface area contributed by atoms with E-state index in [-0.39, 0.29) is 34.4 Å². The van der Waals surface area contributed by atoms with Crippen molar-refractivity contribution in [3.63, 3.8) is 0 Å². The fourth-order valence-electron chi connectivity index (χ4n) is 2.59. The van der Waals surface area contributed by atoms with E-state index in [2.05, 4.69) is 0 Å². The Morgan fingerprint density at radius 2 is 1.70 bits per heavy atom. The fourth-order valence-corrected chi connectivity index (χ4v) is 3.00. The van der Waals surface area contributed by atoms with Crippen molar-refractivity contribution in [2.45, 2.75) is 5.79 Å². The lowest BCUT2D eigenvalue weighted by Gasteiger charge is -2.30. The molecule has 4 nitrogen and oxygen atoms in total. The van der Waals surface area contributed by atoms with E-state index in [1.165, 1.54) is 36.4 Å². The highest BCUT2D eigenvalue weighted by atomic mass is 35.5. The number of aromatic carboxylic acids is 1. The third-order valence-corrected chi connectivity index (χ3v) is 4.39. The predicted octanol–water partition coefficient (Wildman–Crippen LogP) is 4.08. The summed E-state index contributed by atoms with van der Waals surface area (Å²) in [6, 6.07) is 8.43. The van der Waals surface area contributed by atoms with Gasteiger partial charge in [0, 0.05) is 11.1 Å². The Morgan fingerprint density at radius 1 is 1.09 bits per heavy atom. The third kappa shape index (κ3) is 2.70. The van der Waals surface area contributed by atoms with Crippen LogP contribution in [0.3, 0.4) is 0 Å². The molecule has 2 aromatic carbocycles. The minimum Gasteiger partial charge on any atom is -0.478 e. The lowest BCUT2D eigenvalue weighted by atomic mass is 9.93. The van der Waals surface area contributed by atoms with Crippen LogP contribution in [0.15, 0.2) is 36.4 Å². The molecule has 1 fully saturated rings. The van der Waals surface area contributed by atoms with Gasteiger partial charge in [-0.2, -0.15) is 0 Å². The summed E-state index contributed by atoms with van der Waals surface area (Å²) in [5, 5.41) is 9.53. The average molecular weight is 357 g/mol. The van der Waals surface area contributed by atoms with Gasteiger partial charge in [-0.05, 0) is 18.2 Å². The van der Waals surface area contributed by atoms with Gasteiger partial charge >= 0.3 is 5.97 Å². The summed E-state index contributed by atoms with van der Waals surface area (Å²) in [6.07, 6.45) is 0. The van der Waals surface area contributed by atoms with E-state index in [0.717, 1.165) is 0 Å². The van der Waals surface area contributed by atoms with Crippen LogP contribution in [0, 0.1) is 5.82 Å². The Morgan fingerprint density at radius 3 is 2.26 bits per heavy atom. The van der Waals surface area contributed by atoms with Gasteiger partial charge in [-0.15, -0.1) is 0 Å². The largest absolute Gasteiger partial charge is 0.478 e. The Kier molecular flexibility index (Phi) is 4.29. The monoisotopic (exact) mass is 356 g/mol. The number of hydrogen-bond donors (Lipinski definition) is 1. The molecule has 0 spiro atoms. The number of benzene rings is 2. The maximum Gasteiger partial charge on any atom is 0.337 e. The van der Waals surface area contributed by atoms with Crippen molar-refractivity contribution in [2.75, 3.05) is 13.2 Å². The number of hydrogen-bond acceptors (Lipinski definition) is 3. The predicted molar refractivity (Wildman–Crippen MR) is 82.5 cm³/mol. The van der Waals surface area contributed by atoms with Crippen LogP contribution in [0.25, 0.3) is 0 Å². The first-order chi connectivity index (χ1) is 11.0. The maximum absolute atomic E-state index is 13.2. The van der Waals surface area contributed by atoms with Crippen molar-refractivity contribution < 1.29 is 23.8 Å². The second kappa shape index (κ2) is 6.09. The van der Waals surface area contributed by atoms with Crippen LogP contribution < -0.4 is 0 Å². The normalized spacial score (nSPS) is 16.5. The van der Waals surface area contributed by atoms with Crippen molar-refractivity contribution in [1.29, 1.82) is 0 Å². The first kappa shape index (κ1) is 16.2. The molecule has 0 amide bonds. The molecule has 0 aliphatic carbocycles. The van der Waals surface area contributed by atoms with Crippen LogP contribution in [0.5, 0.6) is 0 Å². The van der Waals surface area contributed by atoms with Gasteiger partial charge < -0.3 is 14.6 Å². The number of halogens is 3. The third-order valence-electron chi connectivity index (χ3n) is 3.58. The summed E-state index contributed by atoms with van der Waals surface area (Å²) in [5.74, 6) is -3.14. The number of ether oxygens (including phenoxy) is 2. The van der Waals surface area contributed by atoms with Crippen LogP contribution in [-0.2, 0) is 15.3 Å². The van der Waals surface area contributed by atoms with E-state index in [0.29, 0.717) is 5.56 Å². The second-order valence-electron chi connectivity index (χ2n) is 4.91. The lowest BCUT2D eigenvalue weighted by Crippen LogP contribution is -2.31. The van der Waals surface area contributed by atoms with Crippen molar-refractivity contribution in [1.82, 2.24) is 0 Å². The standard InChI is InChI=1S/C16H11Cl2FO4/c17-12-6-5-11(13(14(12)18)15(20)21)16(22-7-8-23-16)9-1-3-10(19)4-2-9/h1-6H,7-8H2,(H,20,21). The van der Waals surface area contributed by atoms with Gasteiger partial charge in [0.1, 0.15) is 5.82 Å². The van der Waals surface area contributed by atoms with Gasteiger partial charge in [-0.25, -0.2) is 9.18 Å². The number of carboxylic acids is 1. The minimum absolute atomic E-state index is 0.0998. The molecule has 1 heterocycles. The molecule has 23 heavy (non-hydrogen) atoms. The molecule has 120 valence electrons. The zero-order chi connectivity index (χ0) is 16.6. The summed E-state index contributed by atoms with van der Waals surface area (Å²) in [5.41, 5.74) is 0.478. The summed E-state index contributed by atoms with van der Waals surface area (Å²) < 4.78 is 24.7. The van der Waals surface area contributed by atoms with E-state index >= 15 is 0 Å². The molecule has 0 aromatic heterocycles. The number of carbonyl (C=O) groups is 1. The van der Waals surface area contributed by atoms with E-state index in [1.807, 2.05) is 0 Å². The molecule has 1 aliphatic rings. The summed E-state index contributed by atoms with van der Waals surface area (Å²) in [4.78, 5) is 11.7. The van der Waals surface area contributed by atoms with Crippen LogP contribution in [-0.4, -0.2) is 24.3 Å². The number of carboxylic acid groups (broad SMARTS) is 1. The van der Waals surface area contributed by atoms with E-state index < -0.39 is 17.6 Å². The van der Waals surface area contributed by atoms with Gasteiger partial charge in [0.05, 0.1) is 28.8 Å². The van der Waals surface area contributed by atoms with Crippen LogP contribution in [0.1, 0.15) is 21.5 Å². The Hall–Kier alpha value is -1.66. The highest BCUT2D eigenvalue weighted by Crippen LogP contribution is 2.43. The van der Waals surface area contributed by atoms with Gasteiger partial charge in [0.2, 0.25) is 5.79 Å². The zero-order valence-electron chi connectivity index (χ0n) is 11.7. The minimum atomic E-state index is -1.46. The molecule has 0 radical (unpaired) electrons. The smallest absolute Gasteiger partial charge is 0.337 e. The quantitative estimate of drug-likeness (QED) is 0.900. The fraction of sp³-hybridized carbons (Fsp3) is 0.188. The summed E-state index contributed by atoms with van der Waals surface area (Å²) in [7, 11) is 0. The van der Waals surface area contributed by atoms with Crippen molar-refractivity contribution in [3.05, 3.63) is 69.0 Å². The Balaban J connectivity index is 2.26. The van der Waals surface area contributed by atoms with Crippen LogP contribution in [0.2, 0.25) is 10.0 Å². The molecule has 0 saturated carbocycles. The summed E-state index contributed by atoms with van der Waals surface area (Å²) >= 11 is 12.0. The van der Waals surface area contributed by atoms with Gasteiger partial charge in [0.25, 0.3) is 0 Å². The first-order valence-electron chi connectivity index (χ1n) is 6.71. The highest BCUT2D eigenvalue weighted by Gasteiger charge is 2.44. The molecular formula is C16H11Cl2FO4. The molecule has 3 rings (SSSR count). The topological polar surface area (TPSA) is 55.8 Å². The van der Waals surface area contributed by atoms with Gasteiger partial charge in [-0.3, -0.25) is 0 Å². The highest BCUT2D eigenvalue weighted by molar-refractivity contribution is 6.43. The average Bonchev–Trinajstić information content (AvgIpc) is 3.00. The second-order valence-corrected chi connectivity index (χ2v) is 5.69. The van der Waals surface area contributed by atoms with E-state index in [9.17, 15) is 14.3 Å². The molecule has 0 atom stereocenters. The lowest BCUT2D eigenvalue weighted by molar-refractivity contribution is -0.130. The molecular weight excluding hydrogens is 346 g/mol. The van der Waals surface area contributed by atoms with Gasteiger partial charge in [-0.1, -0.05) is 41.4 Å². The molecule has 7 heteroatoms. The first-order valence-corrected chi connectivity index (χ1v) is 7.47. The van der Waals surface area contributed by atoms with Crippen LogP contribution >= 0.6 is 23.2 Å². The van der Waals surface area contributed by atoms with Crippen molar-refractivity contribution >= 4 is 29.2 Å². The van der Waals surface area contributed by atoms with E-state index in [1.54, 1.807) is 0 Å². The molecule has 2 aromatic rings. The molecule has 1 aliphatic heterocycles. The molecule has 1 saturated heterocycles. The molecule has 0 unspecified atom stereocenters. The Bertz CT molecular complexity index is 755. The number of rotatable bonds is 3. The van der Waals surface area contributed by atoms with Crippen molar-refractivity contribution in [3.8, 4) is 0 Å². The zero-order valence-corrected chi connectivity index (χ0v) is 13.2. The summed E-state index contributed by atoms with van der Waals surface area (Å²) in [6.45, 7) is 0.521. The maximum atomic E-state index is 13.2. The van der Waals surface area contributed by atoms with Crippen molar-refractivity contribution in [2.24, 2.45) is 0 Å².